The Bertz CT molecular complexity index is 1570. The van der Waals surface area contributed by atoms with E-state index in [4.69, 9.17) is 15.6 Å². The van der Waals surface area contributed by atoms with Gasteiger partial charge in [-0.1, -0.05) is 18.2 Å². The molecule has 2 N–H and O–H groups in total. The number of aromatic nitrogens is 7. The number of amides is 1. The second-order valence-electron chi connectivity index (χ2n) is 9.57. The van der Waals surface area contributed by atoms with Crippen LogP contribution in [0.4, 0.5) is 10.6 Å². The molecule has 1 fully saturated rings. The van der Waals surface area contributed by atoms with Gasteiger partial charge in [0, 0.05) is 18.2 Å². The van der Waals surface area contributed by atoms with Gasteiger partial charge in [-0.2, -0.15) is 14.9 Å². The van der Waals surface area contributed by atoms with Crippen LogP contribution in [0.1, 0.15) is 38.6 Å². The average molecular weight is 524 g/mol. The number of carbonyl (C=O) groups excluding carboxylic acids is 1. The van der Waals surface area contributed by atoms with E-state index in [9.17, 15) is 4.79 Å². The molecular formula is C28H29N9O2. The zero-order valence-electron chi connectivity index (χ0n) is 21.6. The highest BCUT2D eigenvalue weighted by atomic mass is 16.5. The predicted molar refractivity (Wildman–Crippen MR) is 146 cm³/mol. The first kappa shape index (κ1) is 24.5. The maximum atomic E-state index is 13.1. The Morgan fingerprint density at radius 1 is 1.05 bits per heavy atom. The summed E-state index contributed by atoms with van der Waals surface area (Å²) in [6.45, 7) is 2.56. The van der Waals surface area contributed by atoms with Gasteiger partial charge in [0.2, 0.25) is 0 Å². The van der Waals surface area contributed by atoms with Crippen LogP contribution in [0.5, 0.6) is 11.5 Å². The lowest BCUT2D eigenvalue weighted by atomic mass is 9.90. The van der Waals surface area contributed by atoms with E-state index in [-0.39, 0.29) is 18.1 Å². The minimum Gasteiger partial charge on any atom is -0.457 e. The summed E-state index contributed by atoms with van der Waals surface area (Å²) in [5.41, 5.74) is 8.67. The van der Waals surface area contributed by atoms with Crippen molar-refractivity contribution in [3.8, 4) is 22.8 Å². The molecule has 11 heteroatoms. The highest BCUT2D eigenvalue weighted by molar-refractivity contribution is 5.98. The van der Waals surface area contributed by atoms with Gasteiger partial charge in [0.1, 0.15) is 42.0 Å². The molecule has 1 amide bonds. The van der Waals surface area contributed by atoms with E-state index in [0.29, 0.717) is 18.0 Å². The Kier molecular flexibility index (Phi) is 6.62. The summed E-state index contributed by atoms with van der Waals surface area (Å²) in [6.07, 6.45) is 7.83. The maximum Gasteiger partial charge on any atom is 0.346 e. The molecular weight excluding hydrogens is 494 g/mol. The third-order valence-electron chi connectivity index (χ3n) is 7.23. The Balaban J connectivity index is 1.30. The van der Waals surface area contributed by atoms with Gasteiger partial charge in [-0.3, -0.25) is 0 Å². The monoisotopic (exact) mass is 523 g/mol. The first-order chi connectivity index (χ1) is 19.1. The van der Waals surface area contributed by atoms with Crippen LogP contribution in [0.15, 0.2) is 73.6 Å². The number of benzene rings is 2. The number of rotatable bonds is 6. The fourth-order valence-corrected chi connectivity index (χ4v) is 5.39. The number of anilines is 1. The van der Waals surface area contributed by atoms with E-state index < -0.39 is 0 Å². The summed E-state index contributed by atoms with van der Waals surface area (Å²) in [5, 5.41) is 9.79. The van der Waals surface area contributed by atoms with Gasteiger partial charge in [0.25, 0.3) is 0 Å². The molecule has 0 bridgehead atoms. The third kappa shape index (κ3) is 4.78. The van der Waals surface area contributed by atoms with Crippen LogP contribution in [0.25, 0.3) is 22.3 Å². The summed E-state index contributed by atoms with van der Waals surface area (Å²) in [6, 6.07) is 17.3. The Morgan fingerprint density at radius 2 is 1.85 bits per heavy atom. The van der Waals surface area contributed by atoms with Crippen LogP contribution in [-0.4, -0.2) is 58.0 Å². The fourth-order valence-electron chi connectivity index (χ4n) is 5.39. The Labute approximate surface area is 225 Å². The number of nitrogen functional groups attached to an aromatic ring is 1. The van der Waals surface area contributed by atoms with Gasteiger partial charge in [0.15, 0.2) is 5.65 Å². The minimum absolute atomic E-state index is 0.0433. The molecule has 6 rings (SSSR count). The van der Waals surface area contributed by atoms with Gasteiger partial charge >= 0.3 is 6.03 Å². The normalized spacial score (nSPS) is 17.3. The van der Waals surface area contributed by atoms with Crippen molar-refractivity contribution in [2.24, 2.45) is 0 Å². The number of hydrogen-bond donors (Lipinski definition) is 1. The molecule has 39 heavy (non-hydrogen) atoms. The smallest absolute Gasteiger partial charge is 0.346 e. The van der Waals surface area contributed by atoms with Crippen LogP contribution in [0, 0.1) is 0 Å². The van der Waals surface area contributed by atoms with E-state index in [1.165, 1.54) is 23.7 Å². The number of nitrogens with zero attached hydrogens (tertiary/aromatic N) is 8. The lowest BCUT2D eigenvalue weighted by Crippen LogP contribution is -2.45. The molecule has 5 aromatic rings. The van der Waals surface area contributed by atoms with Gasteiger partial charge in [-0.25, -0.2) is 24.4 Å². The van der Waals surface area contributed by atoms with Crippen molar-refractivity contribution in [1.82, 2.24) is 39.4 Å². The highest BCUT2D eigenvalue weighted by Gasteiger charge is 2.32. The third-order valence-corrected chi connectivity index (χ3v) is 7.23. The number of hydrogen-bond acceptors (Lipinski definition) is 8. The lowest BCUT2D eigenvalue weighted by Gasteiger charge is -2.36. The first-order valence-electron chi connectivity index (χ1n) is 13.1. The van der Waals surface area contributed by atoms with Crippen LogP contribution in [0.2, 0.25) is 0 Å². The maximum absolute atomic E-state index is 13.1. The van der Waals surface area contributed by atoms with Crippen molar-refractivity contribution in [3.05, 3.63) is 73.6 Å². The molecule has 0 aliphatic heterocycles. The van der Waals surface area contributed by atoms with Crippen LogP contribution < -0.4 is 10.5 Å². The topological polar surface area (TPSA) is 130 Å². The van der Waals surface area contributed by atoms with Gasteiger partial charge < -0.3 is 15.4 Å². The largest absolute Gasteiger partial charge is 0.457 e. The molecule has 0 radical (unpaired) electrons. The number of fused-ring (bicyclic) bond motifs is 1. The van der Waals surface area contributed by atoms with Crippen molar-refractivity contribution in [2.45, 2.75) is 44.7 Å². The molecule has 11 nitrogen and oxygen atoms in total. The molecule has 3 aromatic heterocycles. The van der Waals surface area contributed by atoms with Crippen molar-refractivity contribution in [3.63, 3.8) is 0 Å². The van der Waals surface area contributed by atoms with Gasteiger partial charge in [-0.15, -0.1) is 0 Å². The molecule has 2 aromatic carbocycles. The molecule has 198 valence electrons. The van der Waals surface area contributed by atoms with Crippen molar-refractivity contribution in [1.29, 1.82) is 0 Å². The minimum atomic E-state index is -0.170. The average Bonchev–Trinajstić information content (AvgIpc) is 3.64. The van der Waals surface area contributed by atoms with Crippen molar-refractivity contribution < 1.29 is 9.53 Å². The number of nitrogens with two attached hydrogens (primary N) is 1. The molecule has 1 aliphatic rings. The fraction of sp³-hybridized carbons (Fsp3) is 0.286. The Morgan fingerprint density at radius 3 is 2.59 bits per heavy atom. The van der Waals surface area contributed by atoms with Crippen LogP contribution in [-0.2, 0) is 0 Å². The molecule has 2 atom stereocenters. The van der Waals surface area contributed by atoms with Crippen LogP contribution in [0.3, 0.4) is 0 Å². The summed E-state index contributed by atoms with van der Waals surface area (Å²) in [4.78, 5) is 27.7. The van der Waals surface area contributed by atoms with Crippen molar-refractivity contribution in [2.75, 3.05) is 12.3 Å². The van der Waals surface area contributed by atoms with Crippen LogP contribution >= 0.6 is 0 Å². The standard InChI is InChI=1S/C28H29N9O2/c1-2-35(28(38)36-18-30-16-33-36)20-7-6-8-21(15-20)37-27-24(26(29)31-17-32-27)25(34-37)19-11-13-23(14-12-19)39-22-9-4-3-5-10-22/h3-5,9-14,16-18,20-21H,2,6-8,15H2,1H3,(H2,29,31,32). The van der Waals surface area contributed by atoms with Gasteiger partial charge in [0.05, 0.1) is 11.4 Å². The van der Waals surface area contributed by atoms with Crippen molar-refractivity contribution >= 4 is 22.9 Å². The SMILES string of the molecule is CCN(C(=O)n1cncn1)C1CCCC(n2nc(-c3ccc(Oc4ccccc4)cc3)c3c(N)ncnc32)C1. The second-order valence-corrected chi connectivity index (χ2v) is 9.57. The zero-order valence-corrected chi connectivity index (χ0v) is 21.6. The van der Waals surface area contributed by atoms with E-state index in [2.05, 4.69) is 20.1 Å². The molecule has 2 unspecified atom stereocenters. The van der Waals surface area contributed by atoms with Gasteiger partial charge in [-0.05, 0) is 69.0 Å². The lowest BCUT2D eigenvalue weighted by molar-refractivity contribution is 0.141. The molecule has 1 saturated carbocycles. The molecule has 3 heterocycles. The molecule has 0 saturated heterocycles. The quantitative estimate of drug-likeness (QED) is 0.331. The highest BCUT2D eigenvalue weighted by Crippen LogP contribution is 2.37. The number of para-hydroxylation sites is 1. The summed E-state index contributed by atoms with van der Waals surface area (Å²) < 4.78 is 9.21. The first-order valence-corrected chi connectivity index (χ1v) is 13.1. The summed E-state index contributed by atoms with van der Waals surface area (Å²) in [7, 11) is 0. The van der Waals surface area contributed by atoms with E-state index >= 15 is 0 Å². The number of carbonyl (C=O) groups is 1. The van der Waals surface area contributed by atoms with E-state index in [1.54, 1.807) is 0 Å². The summed E-state index contributed by atoms with van der Waals surface area (Å²) >= 11 is 0. The van der Waals surface area contributed by atoms with E-state index in [0.717, 1.165) is 53.8 Å². The molecule has 0 spiro atoms. The molecule has 1 aliphatic carbocycles. The van der Waals surface area contributed by atoms with E-state index in [1.807, 2.05) is 71.1 Å². The predicted octanol–water partition coefficient (Wildman–Crippen LogP) is 4.93. The summed E-state index contributed by atoms with van der Waals surface area (Å²) in [5.74, 6) is 1.88. The zero-order chi connectivity index (χ0) is 26.8. The second kappa shape index (κ2) is 10.5. The number of ether oxygens (including phenoxy) is 1. The Hall–Kier alpha value is -4.80.